The molecule has 0 fully saturated rings. The lowest BCUT2D eigenvalue weighted by Crippen LogP contribution is -2.13. The maximum absolute atomic E-state index is 10.5. The topological polar surface area (TPSA) is 39.2 Å². The molecule has 1 heterocycles. The highest BCUT2D eigenvalue weighted by Crippen LogP contribution is 2.11. The van der Waals surface area contributed by atoms with E-state index in [1.807, 2.05) is 6.92 Å². The van der Waals surface area contributed by atoms with E-state index in [1.165, 1.54) is 7.11 Å². The first kappa shape index (κ1) is 9.93. The summed E-state index contributed by atoms with van der Waals surface area (Å²) in [6, 6.07) is 1.70. The van der Waals surface area contributed by atoms with Gasteiger partial charge in [0.1, 0.15) is 14.0 Å². The van der Waals surface area contributed by atoms with E-state index in [0.29, 0.717) is 17.3 Å². The van der Waals surface area contributed by atoms with Crippen LogP contribution in [-0.4, -0.2) is 26.2 Å². The minimum absolute atomic E-state index is 0.571. The first-order chi connectivity index (χ1) is 6.19. The fraction of sp³-hybridized carbons (Fsp3) is 0.333. The third-order valence-electron chi connectivity index (χ3n) is 1.85. The van der Waals surface area contributed by atoms with Gasteiger partial charge in [0.05, 0.1) is 0 Å². The summed E-state index contributed by atoms with van der Waals surface area (Å²) in [7, 11) is 7.10. The summed E-state index contributed by atoms with van der Waals surface area (Å²) in [5, 5.41) is 0. The predicted octanol–water partition coefficient (Wildman–Crippen LogP) is 0.0702. The first-order valence-electron chi connectivity index (χ1n) is 3.89. The van der Waals surface area contributed by atoms with Crippen molar-refractivity contribution in [2.45, 2.75) is 13.0 Å². The highest BCUT2D eigenvalue weighted by Gasteiger charge is 2.09. The molecule has 13 heavy (non-hydrogen) atoms. The van der Waals surface area contributed by atoms with Gasteiger partial charge in [0.25, 0.3) is 0 Å². The monoisotopic (exact) mass is 175 g/mol. The van der Waals surface area contributed by atoms with Crippen LogP contribution < -0.4 is 5.46 Å². The third-order valence-corrected chi connectivity index (χ3v) is 1.85. The van der Waals surface area contributed by atoms with Gasteiger partial charge < -0.3 is 9.53 Å². The smallest absolute Gasteiger partial charge is 0.153 e. The minimum atomic E-state index is -0.574. The van der Waals surface area contributed by atoms with Crippen LogP contribution in [0.1, 0.15) is 17.4 Å². The number of carbonyl (C=O) groups excluding carboxylic acids is 1. The number of hydrogen-bond acceptors (Lipinski definition) is 3. The molecular weight excluding hydrogens is 165 g/mol. The molecule has 0 aliphatic carbocycles. The number of carbonyl (C=O) groups is 1. The van der Waals surface area contributed by atoms with Crippen molar-refractivity contribution in [1.29, 1.82) is 0 Å². The van der Waals surface area contributed by atoms with Gasteiger partial charge >= 0.3 is 0 Å². The molecule has 4 heteroatoms. The van der Waals surface area contributed by atoms with Gasteiger partial charge in [0.2, 0.25) is 0 Å². The molecule has 0 saturated heterocycles. The van der Waals surface area contributed by atoms with Crippen LogP contribution >= 0.6 is 0 Å². The molecule has 2 radical (unpaired) electrons. The number of nitrogens with zero attached hydrogens (tertiary/aromatic N) is 1. The van der Waals surface area contributed by atoms with Crippen LogP contribution in [0.3, 0.4) is 0 Å². The predicted molar refractivity (Wildman–Crippen MR) is 50.2 cm³/mol. The van der Waals surface area contributed by atoms with Crippen LogP contribution in [0.15, 0.2) is 12.3 Å². The zero-order valence-electron chi connectivity index (χ0n) is 7.65. The van der Waals surface area contributed by atoms with Crippen molar-refractivity contribution in [2.75, 3.05) is 7.11 Å². The normalized spacial score (nSPS) is 12.5. The summed E-state index contributed by atoms with van der Waals surface area (Å²) in [4.78, 5) is 14.6. The van der Waals surface area contributed by atoms with E-state index in [-0.39, 0.29) is 0 Å². The second-order valence-electron chi connectivity index (χ2n) is 2.74. The van der Waals surface area contributed by atoms with E-state index < -0.39 is 6.10 Å². The minimum Gasteiger partial charge on any atom is -0.369 e. The SMILES string of the molecule is [B]c1cc(C(C=O)OC)cnc1C. The van der Waals surface area contributed by atoms with Crippen molar-refractivity contribution >= 4 is 19.6 Å². The van der Waals surface area contributed by atoms with Crippen LogP contribution in [0.25, 0.3) is 0 Å². The van der Waals surface area contributed by atoms with Crippen LogP contribution in [0.5, 0.6) is 0 Å². The number of rotatable bonds is 3. The van der Waals surface area contributed by atoms with Gasteiger partial charge in [-0.1, -0.05) is 11.5 Å². The van der Waals surface area contributed by atoms with Crippen molar-refractivity contribution in [1.82, 2.24) is 4.98 Å². The third kappa shape index (κ3) is 2.15. The fourth-order valence-corrected chi connectivity index (χ4v) is 0.993. The van der Waals surface area contributed by atoms with Gasteiger partial charge in [-0.2, -0.15) is 0 Å². The Morgan fingerprint density at radius 1 is 1.69 bits per heavy atom. The molecule has 3 nitrogen and oxygen atoms in total. The summed E-state index contributed by atoms with van der Waals surface area (Å²) in [5.74, 6) is 0. The van der Waals surface area contributed by atoms with E-state index in [2.05, 4.69) is 4.98 Å². The Labute approximate surface area is 78.5 Å². The number of pyridine rings is 1. The van der Waals surface area contributed by atoms with Gasteiger partial charge in [-0.25, -0.2) is 0 Å². The van der Waals surface area contributed by atoms with E-state index in [9.17, 15) is 4.79 Å². The second-order valence-corrected chi connectivity index (χ2v) is 2.74. The van der Waals surface area contributed by atoms with Crippen LogP contribution in [0, 0.1) is 6.92 Å². The molecule has 1 unspecified atom stereocenters. The zero-order valence-corrected chi connectivity index (χ0v) is 7.65. The Balaban J connectivity index is 3.01. The quantitative estimate of drug-likeness (QED) is 0.482. The lowest BCUT2D eigenvalue weighted by Gasteiger charge is -2.09. The standard InChI is InChI=1S/C9H10BNO2/c1-6-8(10)3-7(4-11-6)9(5-12)13-2/h3-5,9H,1-2H3. The molecular formula is C9H10BNO2. The van der Waals surface area contributed by atoms with Crippen molar-refractivity contribution in [3.8, 4) is 0 Å². The van der Waals surface area contributed by atoms with Crippen LogP contribution in [0.4, 0.5) is 0 Å². The lowest BCUT2D eigenvalue weighted by atomic mass is 9.92. The van der Waals surface area contributed by atoms with Gasteiger partial charge in [-0.05, 0) is 6.92 Å². The molecule has 1 aromatic heterocycles. The molecule has 0 aliphatic heterocycles. The summed E-state index contributed by atoms with van der Waals surface area (Å²) >= 11 is 0. The van der Waals surface area contributed by atoms with E-state index in [0.717, 1.165) is 5.69 Å². The van der Waals surface area contributed by atoms with E-state index >= 15 is 0 Å². The number of hydrogen-bond donors (Lipinski definition) is 0. The van der Waals surface area contributed by atoms with E-state index in [4.69, 9.17) is 12.6 Å². The summed E-state index contributed by atoms with van der Waals surface area (Å²) in [5.41, 5.74) is 2.01. The molecule has 0 aliphatic rings. The van der Waals surface area contributed by atoms with Gasteiger partial charge in [-0.3, -0.25) is 4.98 Å². The van der Waals surface area contributed by atoms with Gasteiger partial charge in [0.15, 0.2) is 6.29 Å². The molecule has 0 bridgehead atoms. The number of ether oxygens (including phenoxy) is 1. The molecule has 1 atom stereocenters. The van der Waals surface area contributed by atoms with Gasteiger partial charge in [0, 0.05) is 24.6 Å². The second kappa shape index (κ2) is 4.19. The summed E-state index contributed by atoms with van der Waals surface area (Å²) in [6.07, 6.45) is 1.73. The fourth-order valence-electron chi connectivity index (χ4n) is 0.993. The zero-order chi connectivity index (χ0) is 9.84. The molecule has 1 rings (SSSR count). The number of aromatic nitrogens is 1. The Morgan fingerprint density at radius 2 is 2.38 bits per heavy atom. The maximum Gasteiger partial charge on any atom is 0.153 e. The maximum atomic E-state index is 10.5. The number of aldehydes is 1. The van der Waals surface area contributed by atoms with Crippen molar-refractivity contribution in [2.24, 2.45) is 0 Å². The Bertz CT molecular complexity index is 314. The highest BCUT2D eigenvalue weighted by atomic mass is 16.5. The largest absolute Gasteiger partial charge is 0.369 e. The lowest BCUT2D eigenvalue weighted by molar-refractivity contribution is -0.116. The molecule has 0 amide bonds. The molecule has 0 spiro atoms. The van der Waals surface area contributed by atoms with Gasteiger partial charge in [-0.15, -0.1) is 0 Å². The van der Waals surface area contributed by atoms with Crippen molar-refractivity contribution in [3.05, 3.63) is 23.5 Å². The molecule has 0 saturated carbocycles. The Hall–Kier alpha value is -1.16. The highest BCUT2D eigenvalue weighted by molar-refractivity contribution is 6.33. The molecule has 0 aromatic carbocycles. The van der Waals surface area contributed by atoms with Crippen molar-refractivity contribution in [3.63, 3.8) is 0 Å². The Kier molecular flexibility index (Phi) is 3.20. The summed E-state index contributed by atoms with van der Waals surface area (Å²) < 4.78 is 4.92. The summed E-state index contributed by atoms with van der Waals surface area (Å²) in [6.45, 7) is 1.81. The Morgan fingerprint density at radius 3 is 2.85 bits per heavy atom. The average Bonchev–Trinajstić information content (AvgIpc) is 2.13. The molecule has 0 N–H and O–H groups in total. The van der Waals surface area contributed by atoms with Crippen LogP contribution in [-0.2, 0) is 9.53 Å². The van der Waals surface area contributed by atoms with E-state index in [1.54, 1.807) is 12.3 Å². The molecule has 1 aromatic rings. The molecule has 66 valence electrons. The number of aryl methyl sites for hydroxylation is 1. The number of methoxy groups -OCH3 is 1. The first-order valence-corrected chi connectivity index (χ1v) is 3.89. The average molecular weight is 175 g/mol. The van der Waals surface area contributed by atoms with Crippen LogP contribution in [0.2, 0.25) is 0 Å². The van der Waals surface area contributed by atoms with Crippen molar-refractivity contribution < 1.29 is 9.53 Å².